The predicted octanol–water partition coefficient (Wildman–Crippen LogP) is 19.0. The van der Waals surface area contributed by atoms with Gasteiger partial charge in [0.2, 0.25) is 5.91 Å². The molecule has 12 unspecified atom stereocenters. The topological polar surface area (TPSA) is 228 Å². The van der Waals surface area contributed by atoms with Crippen molar-refractivity contribution in [1.29, 1.82) is 0 Å². The molecule has 570 valence electrons. The molecule has 1 amide bonds. The van der Waals surface area contributed by atoms with Crippen LogP contribution in [0.25, 0.3) is 0 Å². The Bertz CT molecular complexity index is 1810. The number of ether oxygens (including phenoxy) is 4. The molecule has 0 radical (unpaired) electrons. The molecule has 14 nitrogen and oxygen atoms in total. The largest absolute Gasteiger partial charge is 0.394 e. The lowest BCUT2D eigenvalue weighted by Crippen LogP contribution is -2.65. The zero-order valence-corrected chi connectivity index (χ0v) is 62.6. The molecule has 2 saturated heterocycles. The summed E-state index contributed by atoms with van der Waals surface area (Å²) >= 11 is 0. The van der Waals surface area contributed by atoms with Crippen LogP contribution in [-0.4, -0.2) is 140 Å². The summed E-state index contributed by atoms with van der Waals surface area (Å²) in [6, 6.07) is -0.916. The number of aliphatic hydroxyl groups excluding tert-OH is 8. The van der Waals surface area contributed by atoms with Crippen molar-refractivity contribution in [3.8, 4) is 0 Å². The maximum atomic E-state index is 13.4. The van der Waals surface area contributed by atoms with Gasteiger partial charge in [0.25, 0.3) is 0 Å². The van der Waals surface area contributed by atoms with Crippen molar-refractivity contribution in [2.45, 2.75) is 453 Å². The number of hydrogen-bond acceptors (Lipinski definition) is 13. The molecule has 12 atom stereocenters. The van der Waals surface area contributed by atoms with E-state index >= 15 is 0 Å². The van der Waals surface area contributed by atoms with Gasteiger partial charge in [-0.15, -0.1) is 0 Å². The highest BCUT2D eigenvalue weighted by Crippen LogP contribution is 2.30. The molecule has 0 aromatic heterocycles. The van der Waals surface area contributed by atoms with E-state index < -0.39 is 86.8 Å². The average molecular weight is 1380 g/mol. The van der Waals surface area contributed by atoms with Gasteiger partial charge in [0.1, 0.15) is 48.8 Å². The molecule has 2 aliphatic rings. The van der Waals surface area contributed by atoms with E-state index in [1.165, 1.54) is 302 Å². The molecular weight excluding hydrogens is 1220 g/mol. The Morgan fingerprint density at radius 3 is 1.04 bits per heavy atom. The van der Waals surface area contributed by atoms with Gasteiger partial charge < -0.3 is 65.1 Å². The van der Waals surface area contributed by atoms with Gasteiger partial charge in [-0.3, -0.25) is 4.79 Å². The van der Waals surface area contributed by atoms with Crippen LogP contribution in [0.2, 0.25) is 0 Å². The molecule has 0 aromatic rings. The molecule has 0 aliphatic carbocycles. The number of amides is 1. The number of carbonyl (C=O) groups excluding carboxylic acids is 1. The lowest BCUT2D eigenvalue weighted by Gasteiger charge is -2.46. The van der Waals surface area contributed by atoms with Crippen LogP contribution in [0, 0.1) is 0 Å². The highest BCUT2D eigenvalue weighted by molar-refractivity contribution is 5.76. The zero-order valence-electron chi connectivity index (χ0n) is 62.6. The van der Waals surface area contributed by atoms with E-state index in [0.29, 0.717) is 6.42 Å². The van der Waals surface area contributed by atoms with E-state index in [9.17, 15) is 45.6 Å². The van der Waals surface area contributed by atoms with Gasteiger partial charge in [-0.1, -0.05) is 364 Å². The second kappa shape index (κ2) is 67.1. The minimum Gasteiger partial charge on any atom is -0.394 e. The Morgan fingerprint density at radius 2 is 0.680 bits per heavy atom. The summed E-state index contributed by atoms with van der Waals surface area (Å²) in [5, 5.41) is 87.7. The lowest BCUT2D eigenvalue weighted by molar-refractivity contribution is -0.359. The summed E-state index contributed by atoms with van der Waals surface area (Å²) in [4.78, 5) is 13.4. The summed E-state index contributed by atoms with van der Waals surface area (Å²) in [6.45, 7) is 2.85. The second-order valence-electron chi connectivity index (χ2n) is 29.3. The monoisotopic (exact) mass is 1370 g/mol. The van der Waals surface area contributed by atoms with E-state index in [0.717, 1.165) is 51.4 Å². The van der Waals surface area contributed by atoms with Crippen molar-refractivity contribution in [3.05, 3.63) is 48.6 Å². The van der Waals surface area contributed by atoms with Gasteiger partial charge >= 0.3 is 0 Å². The van der Waals surface area contributed by atoms with Gasteiger partial charge in [-0.2, -0.15) is 0 Å². The van der Waals surface area contributed by atoms with Crippen LogP contribution in [0.5, 0.6) is 0 Å². The summed E-state index contributed by atoms with van der Waals surface area (Å²) in [5.41, 5.74) is 0. The molecule has 0 spiro atoms. The molecule has 97 heavy (non-hydrogen) atoms. The van der Waals surface area contributed by atoms with Gasteiger partial charge in [-0.05, 0) is 57.8 Å². The van der Waals surface area contributed by atoms with Crippen molar-refractivity contribution >= 4 is 5.91 Å². The zero-order chi connectivity index (χ0) is 70.1. The molecule has 0 saturated carbocycles. The maximum absolute atomic E-state index is 13.4. The molecule has 2 rings (SSSR count). The molecule has 2 heterocycles. The van der Waals surface area contributed by atoms with E-state index in [-0.39, 0.29) is 18.9 Å². The fourth-order valence-corrected chi connectivity index (χ4v) is 13.7. The number of nitrogens with one attached hydrogen (secondary N) is 1. The van der Waals surface area contributed by atoms with Gasteiger partial charge in [0.15, 0.2) is 12.6 Å². The van der Waals surface area contributed by atoms with E-state index in [1.807, 2.05) is 6.08 Å². The van der Waals surface area contributed by atoms with Gasteiger partial charge in [-0.25, -0.2) is 0 Å². The van der Waals surface area contributed by atoms with Crippen molar-refractivity contribution in [2.75, 3.05) is 19.8 Å². The molecule has 2 fully saturated rings. The smallest absolute Gasteiger partial charge is 0.220 e. The first-order valence-electron chi connectivity index (χ1n) is 41.4. The van der Waals surface area contributed by atoms with E-state index in [4.69, 9.17) is 18.9 Å². The van der Waals surface area contributed by atoms with Crippen LogP contribution in [0.1, 0.15) is 380 Å². The second-order valence-corrected chi connectivity index (χ2v) is 29.3. The number of allylic oxidation sites excluding steroid dienone is 7. The van der Waals surface area contributed by atoms with Crippen LogP contribution in [-0.2, 0) is 23.7 Å². The normalized spacial score (nSPS) is 22.3. The van der Waals surface area contributed by atoms with Crippen molar-refractivity contribution in [1.82, 2.24) is 5.32 Å². The van der Waals surface area contributed by atoms with Crippen LogP contribution < -0.4 is 5.32 Å². The summed E-state index contributed by atoms with van der Waals surface area (Å²) in [5.74, 6) is -0.232. The molecule has 0 aromatic carbocycles. The van der Waals surface area contributed by atoms with Crippen LogP contribution in [0.3, 0.4) is 0 Å². The van der Waals surface area contributed by atoms with Crippen LogP contribution in [0.4, 0.5) is 0 Å². The molecular formula is C83H155NO13. The Hall–Kier alpha value is -2.05. The van der Waals surface area contributed by atoms with Gasteiger partial charge in [0, 0.05) is 6.42 Å². The minimum absolute atomic E-state index is 0.232. The van der Waals surface area contributed by atoms with Gasteiger partial charge in [0.05, 0.1) is 32.0 Å². The lowest BCUT2D eigenvalue weighted by atomic mass is 9.97. The first-order chi connectivity index (χ1) is 47.6. The first-order valence-corrected chi connectivity index (χ1v) is 41.4. The maximum Gasteiger partial charge on any atom is 0.220 e. The fraction of sp³-hybridized carbons (Fsp3) is 0.892. The Kier molecular flexibility index (Phi) is 63.0. The third kappa shape index (κ3) is 50.1. The van der Waals surface area contributed by atoms with E-state index in [1.54, 1.807) is 6.08 Å². The highest BCUT2D eigenvalue weighted by Gasteiger charge is 2.51. The predicted molar refractivity (Wildman–Crippen MR) is 401 cm³/mol. The fourth-order valence-electron chi connectivity index (χ4n) is 13.7. The summed E-state index contributed by atoms with van der Waals surface area (Å²) in [6.07, 6.45) is 73.4. The third-order valence-electron chi connectivity index (χ3n) is 20.3. The summed E-state index contributed by atoms with van der Waals surface area (Å²) in [7, 11) is 0. The molecule has 2 aliphatic heterocycles. The molecule has 9 N–H and O–H groups in total. The number of hydrogen-bond donors (Lipinski definition) is 9. The molecule has 0 bridgehead atoms. The Morgan fingerprint density at radius 1 is 0.371 bits per heavy atom. The summed E-state index contributed by atoms with van der Waals surface area (Å²) < 4.78 is 22.9. The standard InChI is InChI=1S/C83H155NO13/c1-3-5-7-9-11-13-15-17-19-21-23-25-27-29-31-32-33-34-35-36-37-38-39-40-41-43-45-47-49-51-53-55-57-59-61-63-65-67-75(88)84-71(70-94-82-80(93)78(91)81(74(69-86)96-82)97-83-79(92)77(90)76(89)73(68-85)95-83)72(87)66-64-62-60-58-56-54-52-50-48-46-44-42-30-28-26-24-22-20-18-16-14-12-10-8-6-4-2/h15,17,21,23,27,29,64,66,71-74,76-83,85-87,89-93H,3-14,16,18-20,22,24-26,28,30-63,65,67-70H2,1-2H3,(H,84,88)/b17-15-,23-21-,29-27-,66-64+. The number of rotatable bonds is 70. The average Bonchev–Trinajstić information content (AvgIpc) is 0.794. The third-order valence-corrected chi connectivity index (χ3v) is 20.3. The molecule has 14 heteroatoms. The van der Waals surface area contributed by atoms with Crippen LogP contribution >= 0.6 is 0 Å². The quantitative estimate of drug-likeness (QED) is 0.0204. The number of carbonyl (C=O) groups is 1. The van der Waals surface area contributed by atoms with Crippen molar-refractivity contribution in [3.63, 3.8) is 0 Å². The van der Waals surface area contributed by atoms with Crippen LogP contribution in [0.15, 0.2) is 48.6 Å². The van der Waals surface area contributed by atoms with E-state index in [2.05, 4.69) is 55.6 Å². The first kappa shape index (κ1) is 91.0. The van der Waals surface area contributed by atoms with Crippen molar-refractivity contribution < 1.29 is 64.6 Å². The number of aliphatic hydroxyl groups is 8. The van der Waals surface area contributed by atoms with Crippen molar-refractivity contribution in [2.24, 2.45) is 0 Å². The minimum atomic E-state index is -1.79. The Balaban J connectivity index is 1.59. The highest BCUT2D eigenvalue weighted by atomic mass is 16.7. The Labute approximate surface area is 594 Å². The SMILES string of the molecule is CCCCCCC/C=C\C/C=C\C/C=C\CCCCCCCCCCCCCCCCCCCCCCCCC(=O)NC(COC1OC(CO)C(OC2OC(CO)C(O)C(O)C2O)C(O)C1O)C(O)/C=C/CCCCCCCCCCCCCCCCCCCCCCCCCC. The number of unbranched alkanes of at least 4 members (excludes halogenated alkanes) is 51.